The van der Waals surface area contributed by atoms with E-state index in [9.17, 15) is 4.79 Å². The molecule has 0 bridgehead atoms. The molecule has 1 N–H and O–H groups in total. The number of nitrogens with one attached hydrogen (secondary N) is 1. The van der Waals surface area contributed by atoms with E-state index in [2.05, 4.69) is 62.3 Å². The lowest BCUT2D eigenvalue weighted by molar-refractivity contribution is -0.129. The Morgan fingerprint density at radius 3 is 2.43 bits per heavy atom. The number of hydrogen-bond acceptors (Lipinski definition) is 3. The maximum Gasteiger partial charge on any atom is 0.222 e. The van der Waals surface area contributed by atoms with E-state index in [1.54, 1.807) is 0 Å². The van der Waals surface area contributed by atoms with Crippen LogP contribution in [0.2, 0.25) is 0 Å². The zero-order valence-corrected chi connectivity index (χ0v) is 19.5. The molecule has 156 valence electrons. The highest BCUT2D eigenvalue weighted by molar-refractivity contribution is 14.0. The molecule has 0 aliphatic carbocycles. The van der Waals surface area contributed by atoms with Gasteiger partial charge < -0.3 is 20.0 Å². The van der Waals surface area contributed by atoms with Crippen LogP contribution in [0.1, 0.15) is 32.6 Å². The van der Waals surface area contributed by atoms with Crippen molar-refractivity contribution < 1.29 is 4.79 Å². The molecule has 1 unspecified atom stereocenters. The summed E-state index contributed by atoms with van der Waals surface area (Å²) in [6.45, 7) is 7.90. The molecule has 2 fully saturated rings. The molecule has 2 heterocycles. The number of anilines is 1. The van der Waals surface area contributed by atoms with Gasteiger partial charge in [0.15, 0.2) is 5.96 Å². The summed E-state index contributed by atoms with van der Waals surface area (Å²) in [6, 6.07) is 10.9. The van der Waals surface area contributed by atoms with E-state index in [1.807, 2.05) is 7.05 Å². The van der Waals surface area contributed by atoms with Gasteiger partial charge in [-0.1, -0.05) is 25.1 Å². The Labute approximate surface area is 186 Å². The molecule has 28 heavy (non-hydrogen) atoms. The van der Waals surface area contributed by atoms with Crippen molar-refractivity contribution in [1.82, 2.24) is 15.1 Å². The molecular weight excluding hydrogens is 465 g/mol. The molecule has 1 aromatic rings. The van der Waals surface area contributed by atoms with Gasteiger partial charge in [0.05, 0.1) is 0 Å². The molecule has 1 atom stereocenters. The number of benzene rings is 1. The normalized spacial score (nSPS) is 18.9. The number of guanidine groups is 1. The van der Waals surface area contributed by atoms with E-state index in [0.29, 0.717) is 11.9 Å². The molecule has 2 aliphatic heterocycles. The minimum atomic E-state index is 0. The Hall–Kier alpha value is -1.51. The fourth-order valence-corrected chi connectivity index (χ4v) is 4.13. The smallest absolute Gasteiger partial charge is 0.222 e. The Kier molecular flexibility index (Phi) is 9.34. The molecule has 1 amide bonds. The highest BCUT2D eigenvalue weighted by Gasteiger charge is 2.26. The summed E-state index contributed by atoms with van der Waals surface area (Å²) < 4.78 is 0. The van der Waals surface area contributed by atoms with Gasteiger partial charge in [-0.3, -0.25) is 9.79 Å². The van der Waals surface area contributed by atoms with Crippen LogP contribution in [0, 0.1) is 0 Å². The molecule has 1 aromatic carbocycles. The van der Waals surface area contributed by atoms with Crippen molar-refractivity contribution in [2.75, 3.05) is 51.2 Å². The summed E-state index contributed by atoms with van der Waals surface area (Å²) in [7, 11) is 1.85. The first-order valence-corrected chi connectivity index (χ1v) is 10.3. The van der Waals surface area contributed by atoms with E-state index >= 15 is 0 Å². The third-order valence-electron chi connectivity index (χ3n) is 5.70. The zero-order chi connectivity index (χ0) is 19.1. The van der Waals surface area contributed by atoms with E-state index in [-0.39, 0.29) is 24.0 Å². The Bertz CT molecular complexity index is 631. The minimum absolute atomic E-state index is 0. The highest BCUT2D eigenvalue weighted by atomic mass is 127. The van der Waals surface area contributed by atoms with Crippen molar-refractivity contribution in [3.8, 4) is 0 Å². The first-order valence-electron chi connectivity index (χ1n) is 10.3. The first kappa shape index (κ1) is 22.8. The number of aliphatic imine (C=N–C) groups is 1. The summed E-state index contributed by atoms with van der Waals surface area (Å²) >= 11 is 0. The zero-order valence-electron chi connectivity index (χ0n) is 17.1. The number of para-hydroxylation sites is 1. The molecule has 2 aliphatic rings. The lowest BCUT2D eigenvalue weighted by Crippen LogP contribution is -2.53. The Morgan fingerprint density at radius 2 is 1.86 bits per heavy atom. The van der Waals surface area contributed by atoms with E-state index in [4.69, 9.17) is 0 Å². The molecule has 0 aromatic heterocycles. The summed E-state index contributed by atoms with van der Waals surface area (Å²) in [5.74, 6) is 1.30. The third-order valence-corrected chi connectivity index (χ3v) is 5.70. The van der Waals surface area contributed by atoms with E-state index < -0.39 is 0 Å². The predicted molar refractivity (Wildman–Crippen MR) is 127 cm³/mol. The van der Waals surface area contributed by atoms with Crippen molar-refractivity contribution in [2.24, 2.45) is 4.99 Å². The molecule has 0 spiro atoms. The number of halogens is 1. The standard InChI is InChI=1S/C21H33N5O.HI/c1-3-18(26-13-7-10-20(26)27)11-12-23-21(22-2)25-16-14-24(15-17-25)19-8-5-4-6-9-19;/h4-6,8-9,18H,3,7,10-17H2,1-2H3,(H,22,23);1H. The van der Waals surface area contributed by atoms with Crippen LogP contribution in [-0.2, 0) is 4.79 Å². The van der Waals surface area contributed by atoms with Crippen LogP contribution >= 0.6 is 24.0 Å². The van der Waals surface area contributed by atoms with E-state index in [0.717, 1.165) is 70.9 Å². The van der Waals surface area contributed by atoms with Crippen molar-refractivity contribution in [3.63, 3.8) is 0 Å². The van der Waals surface area contributed by atoms with Gasteiger partial charge in [-0.25, -0.2) is 0 Å². The lowest BCUT2D eigenvalue weighted by atomic mass is 10.1. The number of piperazine rings is 1. The SMILES string of the molecule is CCC(CCNC(=NC)N1CCN(c2ccccc2)CC1)N1CCCC1=O.I. The van der Waals surface area contributed by atoms with Gasteiger partial charge in [0.25, 0.3) is 0 Å². The van der Waals surface area contributed by atoms with Crippen molar-refractivity contribution in [2.45, 2.75) is 38.6 Å². The number of amides is 1. The van der Waals surface area contributed by atoms with Crippen LogP contribution in [0.15, 0.2) is 35.3 Å². The van der Waals surface area contributed by atoms with Crippen LogP contribution in [-0.4, -0.2) is 74.0 Å². The molecule has 7 heteroatoms. The van der Waals surface area contributed by atoms with Crippen molar-refractivity contribution in [3.05, 3.63) is 30.3 Å². The molecule has 0 saturated carbocycles. The largest absolute Gasteiger partial charge is 0.368 e. The number of carbonyl (C=O) groups excluding carboxylic acids is 1. The summed E-state index contributed by atoms with van der Waals surface area (Å²) in [6.07, 6.45) is 3.72. The monoisotopic (exact) mass is 499 g/mol. The predicted octanol–water partition coefficient (Wildman–Crippen LogP) is 2.79. The van der Waals surface area contributed by atoms with Gasteiger partial charge in [-0.2, -0.15) is 0 Å². The van der Waals surface area contributed by atoms with Gasteiger partial charge in [-0.05, 0) is 31.4 Å². The fourth-order valence-electron chi connectivity index (χ4n) is 4.13. The maximum atomic E-state index is 12.0. The summed E-state index contributed by atoms with van der Waals surface area (Å²) in [4.78, 5) is 23.3. The molecule has 0 radical (unpaired) electrons. The molecular formula is C21H34IN5O. The van der Waals surface area contributed by atoms with Crippen LogP contribution in [0.4, 0.5) is 5.69 Å². The number of rotatable bonds is 6. The maximum absolute atomic E-state index is 12.0. The number of likely N-dealkylation sites (tertiary alicyclic amines) is 1. The Morgan fingerprint density at radius 1 is 1.14 bits per heavy atom. The molecule has 3 rings (SSSR count). The highest BCUT2D eigenvalue weighted by Crippen LogP contribution is 2.18. The van der Waals surface area contributed by atoms with Gasteiger partial charge in [-0.15, -0.1) is 24.0 Å². The van der Waals surface area contributed by atoms with Crippen molar-refractivity contribution in [1.29, 1.82) is 0 Å². The van der Waals surface area contributed by atoms with Crippen LogP contribution in [0.3, 0.4) is 0 Å². The van der Waals surface area contributed by atoms with Gasteiger partial charge in [0, 0.05) is 64.5 Å². The van der Waals surface area contributed by atoms with Crippen molar-refractivity contribution >= 4 is 41.5 Å². The Balaban J connectivity index is 0.00000280. The van der Waals surface area contributed by atoms with Gasteiger partial charge in [0.1, 0.15) is 0 Å². The quantitative estimate of drug-likeness (QED) is 0.372. The van der Waals surface area contributed by atoms with E-state index in [1.165, 1.54) is 5.69 Å². The lowest BCUT2D eigenvalue weighted by Gasteiger charge is -2.38. The van der Waals surface area contributed by atoms with Crippen LogP contribution in [0.5, 0.6) is 0 Å². The fraction of sp³-hybridized carbons (Fsp3) is 0.619. The number of hydrogen-bond donors (Lipinski definition) is 1. The second kappa shape index (κ2) is 11.5. The average Bonchev–Trinajstić information content (AvgIpc) is 3.15. The van der Waals surface area contributed by atoms with Crippen LogP contribution < -0.4 is 10.2 Å². The minimum Gasteiger partial charge on any atom is -0.368 e. The summed E-state index contributed by atoms with van der Waals surface area (Å²) in [5, 5.41) is 3.52. The third kappa shape index (κ3) is 5.75. The number of carbonyl (C=O) groups is 1. The molecule has 2 saturated heterocycles. The summed E-state index contributed by atoms with van der Waals surface area (Å²) in [5.41, 5.74) is 1.29. The van der Waals surface area contributed by atoms with Gasteiger partial charge in [0.2, 0.25) is 5.91 Å². The second-order valence-electron chi connectivity index (χ2n) is 7.33. The second-order valence-corrected chi connectivity index (χ2v) is 7.33. The average molecular weight is 499 g/mol. The molecule has 6 nitrogen and oxygen atoms in total. The van der Waals surface area contributed by atoms with Gasteiger partial charge >= 0.3 is 0 Å². The topological polar surface area (TPSA) is 51.2 Å². The number of nitrogens with zero attached hydrogens (tertiary/aromatic N) is 4. The first-order chi connectivity index (χ1) is 13.2. The van der Waals surface area contributed by atoms with Crippen LogP contribution in [0.25, 0.3) is 0 Å².